The first-order valence-corrected chi connectivity index (χ1v) is 14.4. The third-order valence-corrected chi connectivity index (χ3v) is 8.00. The molecule has 8 nitrogen and oxygen atoms in total. The quantitative estimate of drug-likeness (QED) is 0.225. The second-order valence-electron chi connectivity index (χ2n) is 11.0. The summed E-state index contributed by atoms with van der Waals surface area (Å²) in [7, 11) is 2.07. The highest BCUT2D eigenvalue weighted by molar-refractivity contribution is 6.05. The summed E-state index contributed by atoms with van der Waals surface area (Å²) in [4.78, 5) is 30.0. The molecule has 0 unspecified atom stereocenters. The van der Waals surface area contributed by atoms with Crippen molar-refractivity contribution in [1.29, 1.82) is 0 Å². The van der Waals surface area contributed by atoms with E-state index in [4.69, 9.17) is 0 Å². The Morgan fingerprint density at radius 2 is 1.21 bits per heavy atom. The van der Waals surface area contributed by atoms with Crippen molar-refractivity contribution < 1.29 is 14.7 Å². The van der Waals surface area contributed by atoms with E-state index in [0.717, 1.165) is 61.6 Å². The Kier molecular flexibility index (Phi) is 7.79. The number of anilines is 6. The summed E-state index contributed by atoms with van der Waals surface area (Å²) in [6, 6.07) is 28.6. The summed E-state index contributed by atoms with van der Waals surface area (Å²) in [6.07, 6.45) is 2.29. The number of aliphatic hydroxyl groups is 1. The van der Waals surface area contributed by atoms with Crippen LogP contribution in [-0.4, -0.2) is 49.7 Å². The van der Waals surface area contributed by atoms with E-state index in [1.807, 2.05) is 91.0 Å². The maximum absolute atomic E-state index is 12.8. The van der Waals surface area contributed by atoms with Gasteiger partial charge in [-0.3, -0.25) is 9.59 Å². The third kappa shape index (κ3) is 6.24. The van der Waals surface area contributed by atoms with E-state index in [1.54, 1.807) is 0 Å². The van der Waals surface area contributed by atoms with E-state index >= 15 is 0 Å². The molecule has 0 saturated carbocycles. The van der Waals surface area contributed by atoms with Gasteiger partial charge in [-0.25, -0.2) is 0 Å². The predicted octanol–water partition coefficient (Wildman–Crippen LogP) is 5.89. The molecule has 42 heavy (non-hydrogen) atoms. The van der Waals surface area contributed by atoms with E-state index in [1.165, 1.54) is 11.3 Å². The summed E-state index contributed by atoms with van der Waals surface area (Å²) in [6.45, 7) is 2.62. The van der Waals surface area contributed by atoms with E-state index in [0.29, 0.717) is 16.8 Å². The van der Waals surface area contributed by atoms with Gasteiger partial charge in [-0.05, 0) is 116 Å². The molecule has 2 aliphatic heterocycles. The molecule has 2 aliphatic rings. The zero-order chi connectivity index (χ0) is 29.1. The molecule has 0 radical (unpaired) electrons. The number of rotatable bonds is 7. The second-order valence-corrected chi connectivity index (χ2v) is 11.0. The molecule has 4 aromatic carbocycles. The number of hydrogen-bond donors (Lipinski definition) is 4. The lowest BCUT2D eigenvalue weighted by atomic mass is 10.1. The highest BCUT2D eigenvalue weighted by Gasteiger charge is 2.19. The van der Waals surface area contributed by atoms with Crippen molar-refractivity contribution >= 4 is 45.9 Å². The fourth-order valence-electron chi connectivity index (χ4n) is 5.50. The fourth-order valence-corrected chi connectivity index (χ4v) is 5.50. The van der Waals surface area contributed by atoms with Crippen molar-refractivity contribution in [2.24, 2.45) is 0 Å². The first-order valence-electron chi connectivity index (χ1n) is 14.4. The highest BCUT2D eigenvalue weighted by Crippen LogP contribution is 2.28. The van der Waals surface area contributed by atoms with Crippen molar-refractivity contribution in [1.82, 2.24) is 0 Å². The van der Waals surface area contributed by atoms with E-state index in [-0.39, 0.29) is 17.9 Å². The van der Waals surface area contributed by atoms with E-state index < -0.39 is 0 Å². The zero-order valence-electron chi connectivity index (χ0n) is 23.6. The van der Waals surface area contributed by atoms with Crippen LogP contribution in [0.1, 0.15) is 39.1 Å². The van der Waals surface area contributed by atoms with Gasteiger partial charge in [-0.2, -0.15) is 0 Å². The Balaban J connectivity index is 1.00. The first kappa shape index (κ1) is 27.4. The van der Waals surface area contributed by atoms with Crippen molar-refractivity contribution in [2.75, 3.05) is 52.4 Å². The van der Waals surface area contributed by atoms with Gasteiger partial charge >= 0.3 is 0 Å². The summed E-state index contributed by atoms with van der Waals surface area (Å²) < 4.78 is 0. The van der Waals surface area contributed by atoms with Crippen LogP contribution in [0.2, 0.25) is 0 Å². The van der Waals surface area contributed by atoms with Gasteiger partial charge in [0.25, 0.3) is 11.8 Å². The lowest BCUT2D eigenvalue weighted by molar-refractivity contribution is 0.101. The Morgan fingerprint density at radius 1 is 0.690 bits per heavy atom. The molecule has 1 fully saturated rings. The van der Waals surface area contributed by atoms with Crippen LogP contribution in [0.5, 0.6) is 0 Å². The molecule has 214 valence electrons. The summed E-state index contributed by atoms with van der Waals surface area (Å²) in [5, 5.41) is 19.0. The molecule has 2 heterocycles. The van der Waals surface area contributed by atoms with Crippen molar-refractivity contribution in [3.05, 3.63) is 108 Å². The molecule has 0 aliphatic carbocycles. The average molecular weight is 562 g/mol. The number of aliphatic hydroxyl groups excluding tert-OH is 1. The number of amides is 2. The van der Waals surface area contributed by atoms with Crippen LogP contribution < -0.4 is 25.8 Å². The van der Waals surface area contributed by atoms with Gasteiger partial charge in [0.05, 0.1) is 6.10 Å². The number of carbonyl (C=O) groups is 2. The van der Waals surface area contributed by atoms with Crippen LogP contribution in [0.25, 0.3) is 0 Å². The number of likely N-dealkylation sites (N-methyl/N-ethyl adjacent to an activating group) is 1. The molecular formula is C34H35N5O3. The lowest BCUT2D eigenvalue weighted by Crippen LogP contribution is -2.35. The number of piperidine rings is 1. The molecule has 4 N–H and O–H groups in total. The lowest BCUT2D eigenvalue weighted by Gasteiger charge is -2.31. The zero-order valence-corrected chi connectivity index (χ0v) is 23.6. The Bertz CT molecular complexity index is 1560. The molecule has 4 aromatic rings. The fraction of sp³-hybridized carbons (Fsp3) is 0.235. The SMILES string of the molecule is CN1CCc2cc(C(=O)Nc3ccc(Nc4ccc(NC(=O)c5ccc(N6CCC(O)CC6)cc5)cc4)cc3)ccc21. The topological polar surface area (TPSA) is 96.9 Å². The number of nitrogens with zero attached hydrogens (tertiary/aromatic N) is 2. The monoisotopic (exact) mass is 561 g/mol. The number of hydrogen-bond acceptors (Lipinski definition) is 6. The van der Waals surface area contributed by atoms with Gasteiger partial charge in [0.15, 0.2) is 0 Å². The standard InChI is InChI=1S/C34H35N5O3/c1-38-19-16-24-22-25(4-15-32(24)38)34(42)37-29-11-7-27(8-12-29)35-26-5-9-28(10-6-26)36-33(41)23-2-13-30(14-3-23)39-20-17-31(40)18-21-39/h2-15,22,31,35,40H,16-21H2,1H3,(H,36,41)(H,37,42). The first-order chi connectivity index (χ1) is 20.4. The molecule has 6 rings (SSSR count). The average Bonchev–Trinajstić information content (AvgIpc) is 3.39. The largest absolute Gasteiger partial charge is 0.393 e. The smallest absolute Gasteiger partial charge is 0.255 e. The van der Waals surface area contributed by atoms with Crippen LogP contribution in [0.3, 0.4) is 0 Å². The van der Waals surface area contributed by atoms with E-state index in [9.17, 15) is 14.7 Å². The van der Waals surface area contributed by atoms with Gasteiger partial charge in [0.1, 0.15) is 0 Å². The van der Waals surface area contributed by atoms with Gasteiger partial charge in [-0.15, -0.1) is 0 Å². The van der Waals surface area contributed by atoms with Crippen LogP contribution in [-0.2, 0) is 6.42 Å². The maximum atomic E-state index is 12.8. The van der Waals surface area contributed by atoms with Crippen molar-refractivity contribution in [2.45, 2.75) is 25.4 Å². The maximum Gasteiger partial charge on any atom is 0.255 e. The van der Waals surface area contributed by atoms with Crippen LogP contribution >= 0.6 is 0 Å². The molecule has 2 amide bonds. The molecule has 8 heteroatoms. The Labute approximate surface area is 246 Å². The predicted molar refractivity (Wildman–Crippen MR) is 169 cm³/mol. The third-order valence-electron chi connectivity index (χ3n) is 8.00. The van der Waals surface area contributed by atoms with Crippen LogP contribution in [0, 0.1) is 0 Å². The van der Waals surface area contributed by atoms with Crippen LogP contribution in [0.15, 0.2) is 91.0 Å². The van der Waals surface area contributed by atoms with Crippen molar-refractivity contribution in [3.8, 4) is 0 Å². The summed E-state index contributed by atoms with van der Waals surface area (Å²) in [5.74, 6) is -0.287. The normalized spacial score (nSPS) is 14.8. The Morgan fingerprint density at radius 3 is 1.81 bits per heavy atom. The Hall–Kier alpha value is -4.82. The summed E-state index contributed by atoms with van der Waals surface area (Å²) >= 11 is 0. The molecular weight excluding hydrogens is 526 g/mol. The molecule has 0 bridgehead atoms. The van der Waals surface area contributed by atoms with Gasteiger partial charge in [0, 0.05) is 71.9 Å². The molecule has 0 aromatic heterocycles. The van der Waals surface area contributed by atoms with Gasteiger partial charge in [0.2, 0.25) is 0 Å². The highest BCUT2D eigenvalue weighted by atomic mass is 16.3. The number of nitrogens with one attached hydrogen (secondary N) is 3. The second kappa shape index (κ2) is 12.0. The minimum Gasteiger partial charge on any atom is -0.393 e. The minimum atomic E-state index is -0.212. The van der Waals surface area contributed by atoms with Crippen LogP contribution in [0.4, 0.5) is 34.1 Å². The van der Waals surface area contributed by atoms with Gasteiger partial charge in [-0.1, -0.05) is 0 Å². The number of fused-ring (bicyclic) bond motifs is 1. The van der Waals surface area contributed by atoms with E-state index in [2.05, 4.69) is 32.8 Å². The van der Waals surface area contributed by atoms with Crippen molar-refractivity contribution in [3.63, 3.8) is 0 Å². The molecule has 1 saturated heterocycles. The number of carbonyl (C=O) groups excluding carboxylic acids is 2. The number of benzene rings is 4. The van der Waals surface area contributed by atoms with Gasteiger partial charge < -0.3 is 30.9 Å². The minimum absolute atomic E-state index is 0.121. The summed E-state index contributed by atoms with van der Waals surface area (Å²) in [5.41, 5.74) is 7.91. The molecule has 0 spiro atoms. The molecule has 0 atom stereocenters.